The summed E-state index contributed by atoms with van der Waals surface area (Å²) in [7, 11) is 4.92. The van der Waals surface area contributed by atoms with Crippen LogP contribution >= 0.6 is 23.2 Å². The van der Waals surface area contributed by atoms with E-state index in [-0.39, 0.29) is 11.9 Å². The second-order valence-corrected chi connectivity index (χ2v) is 13.0. The smallest absolute Gasteiger partial charge is 0.237 e. The molecular formula is C36H40Cl2N6O4. The van der Waals surface area contributed by atoms with Gasteiger partial charge in [0.15, 0.2) is 0 Å². The van der Waals surface area contributed by atoms with Gasteiger partial charge in [-0.05, 0) is 44.4 Å². The van der Waals surface area contributed by atoms with Gasteiger partial charge in [-0.25, -0.2) is 9.97 Å². The van der Waals surface area contributed by atoms with E-state index in [1.54, 1.807) is 33.7 Å². The number of carbonyl (C=O) groups is 1. The summed E-state index contributed by atoms with van der Waals surface area (Å²) in [4.78, 5) is 30.5. The van der Waals surface area contributed by atoms with Gasteiger partial charge in [-0.1, -0.05) is 59.6 Å². The number of methoxy groups -OCH3 is 3. The molecule has 2 aromatic carbocycles. The molecule has 12 heteroatoms. The van der Waals surface area contributed by atoms with Gasteiger partial charge in [-0.2, -0.15) is 0 Å². The first-order valence-electron chi connectivity index (χ1n) is 16.3. The van der Waals surface area contributed by atoms with Gasteiger partial charge >= 0.3 is 0 Å². The maximum Gasteiger partial charge on any atom is 0.237 e. The molecule has 10 nitrogen and oxygen atoms in total. The lowest BCUT2D eigenvalue weighted by atomic mass is 9.80. The van der Waals surface area contributed by atoms with E-state index in [4.69, 9.17) is 52.4 Å². The summed E-state index contributed by atoms with van der Waals surface area (Å²) in [5.41, 5.74) is 5.60. The van der Waals surface area contributed by atoms with Crippen molar-refractivity contribution in [2.24, 2.45) is 5.92 Å². The molecule has 1 saturated carbocycles. The number of ether oxygens (including phenoxy) is 3. The molecule has 1 amide bonds. The zero-order valence-corrected chi connectivity index (χ0v) is 28.9. The molecular weight excluding hydrogens is 651 g/mol. The molecule has 2 N–H and O–H groups in total. The highest BCUT2D eigenvalue weighted by atomic mass is 35.5. The molecule has 2 aliphatic rings. The van der Waals surface area contributed by atoms with E-state index in [1.807, 2.05) is 36.4 Å². The minimum Gasteiger partial charge on any atom is -0.480 e. The molecule has 6 rings (SSSR count). The summed E-state index contributed by atoms with van der Waals surface area (Å²) in [6, 6.07) is 12.1. The van der Waals surface area contributed by atoms with Crippen molar-refractivity contribution in [3.63, 3.8) is 0 Å². The van der Waals surface area contributed by atoms with E-state index in [0.29, 0.717) is 75.7 Å². The van der Waals surface area contributed by atoms with Crippen molar-refractivity contribution >= 4 is 29.1 Å². The molecule has 0 bridgehead atoms. The van der Waals surface area contributed by atoms with Crippen molar-refractivity contribution in [1.82, 2.24) is 30.6 Å². The Morgan fingerprint density at radius 3 is 1.98 bits per heavy atom. The normalized spacial score (nSPS) is 18.8. The minimum absolute atomic E-state index is 0.126. The highest BCUT2D eigenvalue weighted by Gasteiger charge is 2.30. The third-order valence-electron chi connectivity index (χ3n) is 9.23. The van der Waals surface area contributed by atoms with Crippen LogP contribution in [0.15, 0.2) is 48.8 Å². The Balaban J connectivity index is 1.21. The zero-order chi connectivity index (χ0) is 33.6. The Bertz CT molecular complexity index is 1770. The van der Waals surface area contributed by atoms with E-state index < -0.39 is 0 Å². The largest absolute Gasteiger partial charge is 0.480 e. The average Bonchev–Trinajstić information content (AvgIpc) is 3.52. The van der Waals surface area contributed by atoms with E-state index in [1.165, 1.54) is 0 Å². The van der Waals surface area contributed by atoms with Gasteiger partial charge in [0.05, 0.1) is 54.7 Å². The van der Waals surface area contributed by atoms with Gasteiger partial charge in [0, 0.05) is 54.4 Å². The second-order valence-electron chi connectivity index (χ2n) is 12.2. The monoisotopic (exact) mass is 690 g/mol. The van der Waals surface area contributed by atoms with E-state index in [0.717, 1.165) is 61.2 Å². The molecule has 48 heavy (non-hydrogen) atoms. The lowest BCUT2D eigenvalue weighted by Crippen LogP contribution is -2.45. The van der Waals surface area contributed by atoms with Gasteiger partial charge in [-0.3, -0.25) is 14.8 Å². The first-order valence-corrected chi connectivity index (χ1v) is 17.0. The number of hydrogen-bond acceptors (Lipinski definition) is 9. The molecule has 2 aromatic heterocycles. The minimum atomic E-state index is 0.126. The summed E-state index contributed by atoms with van der Waals surface area (Å²) in [6.45, 7) is 1.30. The third-order valence-corrected chi connectivity index (χ3v) is 10.0. The highest BCUT2D eigenvalue weighted by Crippen LogP contribution is 2.42. The summed E-state index contributed by atoms with van der Waals surface area (Å²) in [5.74, 6) is 1.54. The van der Waals surface area contributed by atoms with E-state index in [9.17, 15) is 4.79 Å². The van der Waals surface area contributed by atoms with Crippen LogP contribution in [0.2, 0.25) is 10.0 Å². The Morgan fingerprint density at radius 1 is 0.833 bits per heavy atom. The average molecular weight is 692 g/mol. The van der Waals surface area contributed by atoms with Crippen LogP contribution in [0.1, 0.15) is 49.9 Å². The Hall–Kier alpha value is -3.83. The van der Waals surface area contributed by atoms with Gasteiger partial charge < -0.3 is 24.8 Å². The summed E-state index contributed by atoms with van der Waals surface area (Å²) >= 11 is 14.1. The number of carbonyl (C=O) groups excluding carboxylic acids is 1. The van der Waals surface area contributed by atoms with Crippen LogP contribution in [-0.2, 0) is 22.5 Å². The van der Waals surface area contributed by atoms with Crippen LogP contribution in [-0.4, -0.2) is 65.9 Å². The van der Waals surface area contributed by atoms with Crippen LogP contribution < -0.4 is 20.1 Å². The van der Waals surface area contributed by atoms with Crippen LogP contribution in [0.5, 0.6) is 11.8 Å². The first-order chi connectivity index (χ1) is 23.4. The number of amides is 1. The maximum atomic E-state index is 11.5. The lowest BCUT2D eigenvalue weighted by molar-refractivity contribution is -0.119. The fourth-order valence-corrected chi connectivity index (χ4v) is 7.09. The van der Waals surface area contributed by atoms with Crippen molar-refractivity contribution in [1.29, 1.82) is 0 Å². The number of nitrogens with one attached hydrogen (secondary N) is 2. The van der Waals surface area contributed by atoms with Crippen molar-refractivity contribution in [3.05, 3.63) is 70.2 Å². The molecule has 2 fully saturated rings. The molecule has 252 valence electrons. The second kappa shape index (κ2) is 15.6. The quantitative estimate of drug-likeness (QED) is 0.149. The molecule has 3 heterocycles. The SMILES string of the molecule is COC[C@@H]1CC[C@H]1NCc1ncc(-c2cccc(-c3cccc(-c4cnc(CCC[C@@H]5CCC(=O)N5)c(OC)n4)c3Cl)c2Cl)nc1OC. The van der Waals surface area contributed by atoms with Crippen molar-refractivity contribution < 1.29 is 19.0 Å². The van der Waals surface area contributed by atoms with Gasteiger partial charge in [0.2, 0.25) is 17.7 Å². The van der Waals surface area contributed by atoms with E-state index >= 15 is 0 Å². The fourth-order valence-electron chi connectivity index (χ4n) is 6.44. The maximum absolute atomic E-state index is 11.5. The van der Waals surface area contributed by atoms with Crippen LogP contribution in [0, 0.1) is 5.92 Å². The number of aryl methyl sites for hydroxylation is 1. The molecule has 0 radical (unpaired) electrons. The molecule has 3 atom stereocenters. The number of hydrogen-bond donors (Lipinski definition) is 2. The van der Waals surface area contributed by atoms with Crippen LogP contribution in [0.4, 0.5) is 0 Å². The first kappa shape index (κ1) is 34.0. The Kier molecular flexibility index (Phi) is 11.1. The summed E-state index contributed by atoms with van der Waals surface area (Å²) in [6.07, 6.45) is 9.65. The van der Waals surface area contributed by atoms with Crippen LogP contribution in [0.3, 0.4) is 0 Å². The van der Waals surface area contributed by atoms with E-state index in [2.05, 4.69) is 15.6 Å². The number of rotatable bonds is 14. The molecule has 1 saturated heterocycles. The predicted octanol–water partition coefficient (Wildman–Crippen LogP) is 6.71. The topological polar surface area (TPSA) is 120 Å². The molecule has 4 aromatic rings. The number of nitrogens with zero attached hydrogens (tertiary/aromatic N) is 4. The van der Waals surface area contributed by atoms with Crippen LogP contribution in [0.25, 0.3) is 33.6 Å². The fraction of sp³-hybridized carbons (Fsp3) is 0.417. The molecule has 1 aliphatic carbocycles. The molecule has 0 unspecified atom stereocenters. The summed E-state index contributed by atoms with van der Waals surface area (Å²) in [5, 5.41) is 7.57. The lowest BCUT2D eigenvalue weighted by Gasteiger charge is -2.36. The Labute approximate surface area is 291 Å². The van der Waals surface area contributed by atoms with Gasteiger partial charge in [0.25, 0.3) is 0 Å². The van der Waals surface area contributed by atoms with Crippen molar-refractivity contribution in [2.75, 3.05) is 27.9 Å². The van der Waals surface area contributed by atoms with Crippen molar-refractivity contribution in [3.8, 4) is 45.4 Å². The number of aromatic nitrogens is 4. The molecule has 0 spiro atoms. The molecule has 1 aliphatic heterocycles. The van der Waals surface area contributed by atoms with Crippen molar-refractivity contribution in [2.45, 2.75) is 63.6 Å². The third kappa shape index (κ3) is 7.42. The standard InChI is InChI=1S/C36H40Cl2N6O4/c1-46-20-21-13-15-27(21)39-19-31-36(48-3)44-30(18-41-31)26-11-6-9-24(34(26)38)23-8-5-10-25(33(23)37)29-17-40-28(35(43-29)47-2)12-4-7-22-14-16-32(45)42-22/h5-6,8-11,17-18,21-22,27,39H,4,7,12-16,19-20H2,1-3H3,(H,42,45)/t21-,22+,27+/m0/s1. The number of benzene rings is 2. The Morgan fingerprint density at radius 2 is 1.44 bits per heavy atom. The summed E-state index contributed by atoms with van der Waals surface area (Å²) < 4.78 is 16.6. The highest BCUT2D eigenvalue weighted by molar-refractivity contribution is 6.39. The van der Waals surface area contributed by atoms with Gasteiger partial charge in [-0.15, -0.1) is 0 Å². The number of halogens is 2. The zero-order valence-electron chi connectivity index (χ0n) is 27.4. The predicted molar refractivity (Wildman–Crippen MR) is 186 cm³/mol. The van der Waals surface area contributed by atoms with Gasteiger partial charge in [0.1, 0.15) is 11.4 Å².